The Morgan fingerprint density at radius 1 is 1.19 bits per heavy atom. The Balaban J connectivity index is 1.57. The average Bonchev–Trinajstić information content (AvgIpc) is 3.35. The van der Waals surface area contributed by atoms with Gasteiger partial charge in [0.15, 0.2) is 0 Å². The van der Waals surface area contributed by atoms with Crippen molar-refractivity contribution in [2.45, 2.75) is 38.3 Å². The smallest absolute Gasteiger partial charge is 0.350 e. The lowest BCUT2D eigenvalue weighted by Gasteiger charge is -2.34. The second-order valence-electron chi connectivity index (χ2n) is 7.01. The second-order valence-corrected chi connectivity index (χ2v) is 8.92. The fourth-order valence-electron chi connectivity index (χ4n) is 3.38. The second kappa shape index (κ2) is 9.01. The molecule has 0 spiro atoms. The molecule has 0 unspecified atom stereocenters. The lowest BCUT2D eigenvalue weighted by Crippen LogP contribution is -2.50. The number of sulfonamides is 1. The summed E-state index contributed by atoms with van der Waals surface area (Å²) in [5.74, 6) is -0.290. The van der Waals surface area contributed by atoms with E-state index in [1.54, 1.807) is 16.5 Å². The van der Waals surface area contributed by atoms with Gasteiger partial charge in [0.2, 0.25) is 15.9 Å². The predicted octanol–water partition coefficient (Wildman–Crippen LogP) is 0.248. The quantitative estimate of drug-likeness (QED) is 0.407. The largest absolute Gasteiger partial charge is 0.475 e. The van der Waals surface area contributed by atoms with Gasteiger partial charge in [0, 0.05) is 45.3 Å². The number of hydrogen-bond acceptors (Lipinski definition) is 8. The van der Waals surface area contributed by atoms with Crippen LogP contribution < -0.4 is 4.74 Å². The maximum atomic E-state index is 12.9. The zero-order chi connectivity index (χ0) is 22.8. The van der Waals surface area contributed by atoms with Gasteiger partial charge in [-0.25, -0.2) is 8.42 Å². The molecule has 1 fully saturated rings. The highest BCUT2D eigenvalue weighted by atomic mass is 32.2. The minimum Gasteiger partial charge on any atom is -0.475 e. The van der Waals surface area contributed by atoms with Crippen molar-refractivity contribution in [2.75, 3.05) is 33.3 Å². The topological polar surface area (TPSA) is 146 Å². The number of carbonyl (C=O) groups is 1. The number of ether oxygens (including phenoxy) is 1. The number of methoxy groups -OCH3 is 1. The van der Waals surface area contributed by atoms with Gasteiger partial charge >= 0.3 is 11.6 Å². The van der Waals surface area contributed by atoms with Crippen LogP contribution in [-0.4, -0.2) is 81.3 Å². The molecule has 170 valence electrons. The highest BCUT2D eigenvalue weighted by Gasteiger charge is 2.32. The maximum Gasteiger partial charge on any atom is 0.350 e. The normalized spacial score (nSPS) is 15.3. The number of rotatable bonds is 8. The van der Waals surface area contributed by atoms with Crippen LogP contribution >= 0.6 is 0 Å². The highest BCUT2D eigenvalue weighted by molar-refractivity contribution is 7.89. The molecule has 0 N–H and O–H groups in total. The number of carbonyl (C=O) groups excluding carboxylic acids is 1. The molecule has 2 aromatic heterocycles. The molecule has 31 heavy (non-hydrogen) atoms. The van der Waals surface area contributed by atoms with Gasteiger partial charge in [-0.15, -0.1) is 5.10 Å². The van der Waals surface area contributed by atoms with Crippen molar-refractivity contribution in [3.63, 3.8) is 0 Å². The molecule has 1 saturated heterocycles. The summed E-state index contributed by atoms with van der Waals surface area (Å²) in [6, 6.07) is 0. The Bertz CT molecular complexity index is 1070. The van der Waals surface area contributed by atoms with E-state index in [1.165, 1.54) is 28.5 Å². The molecule has 1 aliphatic rings. The minimum atomic E-state index is -3.68. The van der Waals surface area contributed by atoms with E-state index in [2.05, 4.69) is 10.2 Å². The van der Waals surface area contributed by atoms with Crippen molar-refractivity contribution in [2.24, 2.45) is 0 Å². The zero-order valence-corrected chi connectivity index (χ0v) is 18.4. The van der Waals surface area contributed by atoms with Crippen molar-refractivity contribution in [3.05, 3.63) is 28.2 Å². The lowest BCUT2D eigenvalue weighted by molar-refractivity contribution is -0.385. The van der Waals surface area contributed by atoms with Gasteiger partial charge in [-0.2, -0.15) is 9.40 Å². The summed E-state index contributed by atoms with van der Waals surface area (Å²) in [4.78, 5) is 24.7. The summed E-state index contributed by atoms with van der Waals surface area (Å²) in [5, 5.41) is 19.1. The van der Waals surface area contributed by atoms with E-state index >= 15 is 0 Å². The van der Waals surface area contributed by atoms with Crippen molar-refractivity contribution >= 4 is 21.6 Å². The fourth-order valence-corrected chi connectivity index (χ4v) is 4.97. The molecule has 0 aliphatic carbocycles. The molecule has 0 aromatic carbocycles. The van der Waals surface area contributed by atoms with E-state index in [0.717, 1.165) is 0 Å². The number of nitrogens with zero attached hydrogens (tertiary/aromatic N) is 7. The third kappa shape index (κ3) is 4.69. The highest BCUT2D eigenvalue weighted by Crippen LogP contribution is 2.24. The summed E-state index contributed by atoms with van der Waals surface area (Å²) >= 11 is 0. The van der Waals surface area contributed by atoms with Gasteiger partial charge in [0.05, 0.1) is 24.3 Å². The van der Waals surface area contributed by atoms with Crippen LogP contribution in [0.25, 0.3) is 0 Å². The molecular formula is C17H25N7O6S. The summed E-state index contributed by atoms with van der Waals surface area (Å²) in [7, 11) is -2.39. The lowest BCUT2D eigenvalue weighted by atomic mass is 10.3. The fraction of sp³-hybridized carbons (Fsp3) is 0.588. The van der Waals surface area contributed by atoms with Gasteiger partial charge < -0.3 is 9.64 Å². The summed E-state index contributed by atoms with van der Waals surface area (Å²) in [6.07, 6.45) is 2.83. The number of nitro groups is 1. The van der Waals surface area contributed by atoms with Crippen LogP contribution in [0.15, 0.2) is 17.3 Å². The van der Waals surface area contributed by atoms with Gasteiger partial charge in [0.25, 0.3) is 0 Å². The molecule has 14 heteroatoms. The van der Waals surface area contributed by atoms with Gasteiger partial charge in [-0.05, 0) is 13.8 Å². The van der Waals surface area contributed by atoms with E-state index in [4.69, 9.17) is 4.74 Å². The summed E-state index contributed by atoms with van der Waals surface area (Å²) in [5.41, 5.74) is 0.180. The Morgan fingerprint density at radius 3 is 2.39 bits per heavy atom. The number of aryl methyl sites for hydroxylation is 3. The zero-order valence-electron chi connectivity index (χ0n) is 17.6. The molecule has 3 rings (SSSR count). The molecule has 0 bridgehead atoms. The SMILES string of the molecule is CCn1cc(S(=O)(=O)N2CCN(C(=O)CCn3cc([N+](=O)[O-])c(OC)n3)CC2)c(C)n1. The van der Waals surface area contributed by atoms with Crippen molar-refractivity contribution in [3.8, 4) is 5.88 Å². The van der Waals surface area contributed by atoms with Crippen LogP contribution in [0.2, 0.25) is 0 Å². The van der Waals surface area contributed by atoms with E-state index < -0.39 is 14.9 Å². The average molecular weight is 455 g/mol. The summed E-state index contributed by atoms with van der Waals surface area (Å²) in [6.45, 7) is 5.17. The van der Waals surface area contributed by atoms with Crippen LogP contribution in [0.1, 0.15) is 19.0 Å². The number of piperazine rings is 1. The van der Waals surface area contributed by atoms with Crippen LogP contribution in [0, 0.1) is 17.0 Å². The van der Waals surface area contributed by atoms with Crippen LogP contribution in [0.5, 0.6) is 5.88 Å². The molecular weight excluding hydrogens is 430 g/mol. The van der Waals surface area contributed by atoms with E-state index in [1.807, 2.05) is 6.92 Å². The molecule has 13 nitrogen and oxygen atoms in total. The molecule has 2 aromatic rings. The van der Waals surface area contributed by atoms with Gasteiger partial charge in [-0.3, -0.25) is 24.3 Å². The molecule has 0 radical (unpaired) electrons. The first-order valence-electron chi connectivity index (χ1n) is 9.75. The van der Waals surface area contributed by atoms with Crippen molar-refractivity contribution in [1.29, 1.82) is 0 Å². The van der Waals surface area contributed by atoms with E-state index in [9.17, 15) is 23.3 Å². The molecule has 3 heterocycles. The summed E-state index contributed by atoms with van der Waals surface area (Å²) < 4.78 is 35.0. The van der Waals surface area contributed by atoms with Gasteiger partial charge in [-0.1, -0.05) is 0 Å². The van der Waals surface area contributed by atoms with E-state index in [-0.39, 0.29) is 61.5 Å². The Morgan fingerprint density at radius 2 is 1.87 bits per heavy atom. The first-order valence-corrected chi connectivity index (χ1v) is 11.2. The van der Waals surface area contributed by atoms with Crippen LogP contribution in [-0.2, 0) is 27.9 Å². The molecule has 0 atom stereocenters. The van der Waals surface area contributed by atoms with Gasteiger partial charge in [0.1, 0.15) is 11.1 Å². The molecule has 1 amide bonds. The first-order chi connectivity index (χ1) is 14.7. The first kappa shape index (κ1) is 22.7. The third-order valence-electron chi connectivity index (χ3n) is 5.09. The van der Waals surface area contributed by atoms with Crippen molar-refractivity contribution < 1.29 is 22.9 Å². The number of aromatic nitrogens is 4. The van der Waals surface area contributed by atoms with Crippen LogP contribution in [0.4, 0.5) is 5.69 Å². The Hall–Kier alpha value is -3.00. The van der Waals surface area contributed by atoms with E-state index in [0.29, 0.717) is 12.2 Å². The molecule has 1 aliphatic heterocycles. The standard InChI is InChI=1S/C17H25N7O6S/c1-4-21-12-15(13(2)18-21)31(28,29)23-9-7-20(8-10-23)16(25)5-6-22-11-14(24(26)27)17(19-22)30-3/h11-12H,4-10H2,1-3H3. The number of hydrogen-bond donors (Lipinski definition) is 0. The minimum absolute atomic E-state index is 0.0805. The monoisotopic (exact) mass is 455 g/mol. The Labute approximate surface area is 179 Å². The van der Waals surface area contributed by atoms with Crippen LogP contribution in [0.3, 0.4) is 0 Å². The third-order valence-corrected chi connectivity index (χ3v) is 7.09. The van der Waals surface area contributed by atoms with Crippen molar-refractivity contribution in [1.82, 2.24) is 28.8 Å². The molecule has 0 saturated carbocycles. The number of amides is 1. The predicted molar refractivity (Wildman–Crippen MR) is 108 cm³/mol. The Kier molecular flexibility index (Phi) is 6.59. The maximum absolute atomic E-state index is 12.9.